The molecule has 1 N–H and O–H groups in total. The average molecular weight is 329 g/mol. The van der Waals surface area contributed by atoms with E-state index in [4.69, 9.17) is 0 Å². The Labute approximate surface area is 135 Å². The van der Waals surface area contributed by atoms with Crippen molar-refractivity contribution in [2.45, 2.75) is 6.92 Å². The van der Waals surface area contributed by atoms with Gasteiger partial charge < -0.3 is 0 Å². The third-order valence-corrected chi connectivity index (χ3v) is 2.95. The van der Waals surface area contributed by atoms with Crippen LogP contribution in [0.1, 0.15) is 23.0 Å². The lowest BCUT2D eigenvalue weighted by Crippen LogP contribution is -2.20. The minimum atomic E-state index is -0.813. The molecule has 24 heavy (non-hydrogen) atoms. The molecule has 0 atom stereocenters. The molecule has 0 spiro atoms. The number of hydrazone groups is 1. The monoisotopic (exact) mass is 329 g/mol. The Morgan fingerprint density at radius 3 is 2.25 bits per heavy atom. The predicted octanol–water partition coefficient (Wildman–Crippen LogP) is 2.05. The lowest BCUT2D eigenvalue weighted by Gasteiger charge is -2.03. The highest BCUT2D eigenvalue weighted by molar-refractivity contribution is 6.00. The summed E-state index contributed by atoms with van der Waals surface area (Å²) in [6, 6.07) is 7.80. The van der Waals surface area contributed by atoms with Gasteiger partial charge in [-0.25, -0.2) is 5.43 Å². The number of benzene rings is 1. The van der Waals surface area contributed by atoms with Crippen molar-refractivity contribution in [3.05, 3.63) is 74.1 Å². The highest BCUT2D eigenvalue weighted by Gasteiger charge is 2.19. The first kappa shape index (κ1) is 16.7. The van der Waals surface area contributed by atoms with Gasteiger partial charge in [-0.2, -0.15) is 5.10 Å². The second-order valence-corrected chi connectivity index (χ2v) is 4.61. The Morgan fingerprint density at radius 2 is 1.75 bits per heavy atom. The van der Waals surface area contributed by atoms with Crippen molar-refractivity contribution in [1.29, 1.82) is 0 Å². The number of nitro benzene ring substituents is 2. The molecule has 2 aromatic rings. The summed E-state index contributed by atoms with van der Waals surface area (Å²) in [6.07, 6.45) is 1.56. The highest BCUT2D eigenvalue weighted by Crippen LogP contribution is 2.22. The van der Waals surface area contributed by atoms with Gasteiger partial charge in [0.1, 0.15) is 0 Å². The SMILES string of the molecule is C/C(=N/NC(=O)c1cc([N+](=O)[O-])cc([N+](=O)[O-])c1)c1ccccn1. The zero-order valence-electron chi connectivity index (χ0n) is 12.4. The van der Waals surface area contributed by atoms with Crippen LogP contribution in [-0.4, -0.2) is 26.4 Å². The van der Waals surface area contributed by atoms with E-state index < -0.39 is 27.1 Å². The van der Waals surface area contributed by atoms with Gasteiger partial charge in [-0.1, -0.05) is 6.07 Å². The van der Waals surface area contributed by atoms with E-state index >= 15 is 0 Å². The molecule has 10 nitrogen and oxygen atoms in total. The fourth-order valence-corrected chi connectivity index (χ4v) is 1.77. The number of hydrogen-bond acceptors (Lipinski definition) is 7. The molecule has 0 saturated heterocycles. The summed E-state index contributed by atoms with van der Waals surface area (Å²) in [5.74, 6) is -0.808. The number of hydrogen-bond donors (Lipinski definition) is 1. The summed E-state index contributed by atoms with van der Waals surface area (Å²) < 4.78 is 0. The van der Waals surface area contributed by atoms with Crippen molar-refractivity contribution in [3.8, 4) is 0 Å². The molecule has 0 aliphatic heterocycles. The quantitative estimate of drug-likeness (QED) is 0.505. The maximum absolute atomic E-state index is 12.0. The van der Waals surface area contributed by atoms with Gasteiger partial charge in [0.15, 0.2) is 0 Å². The number of aromatic nitrogens is 1. The van der Waals surface area contributed by atoms with Crippen LogP contribution in [0.5, 0.6) is 0 Å². The number of nitrogens with zero attached hydrogens (tertiary/aromatic N) is 4. The molecule has 122 valence electrons. The number of carbonyl (C=O) groups is 1. The van der Waals surface area contributed by atoms with E-state index in [-0.39, 0.29) is 5.56 Å². The van der Waals surface area contributed by atoms with E-state index in [9.17, 15) is 25.0 Å². The minimum Gasteiger partial charge on any atom is -0.267 e. The molecule has 1 aromatic carbocycles. The average Bonchev–Trinajstić information content (AvgIpc) is 2.59. The summed E-state index contributed by atoms with van der Waals surface area (Å²) >= 11 is 0. The molecule has 0 radical (unpaired) electrons. The summed E-state index contributed by atoms with van der Waals surface area (Å²) in [4.78, 5) is 36.1. The molecular formula is C14H11N5O5. The van der Waals surface area contributed by atoms with Crippen molar-refractivity contribution in [2.24, 2.45) is 5.10 Å². The molecule has 0 bridgehead atoms. The van der Waals surface area contributed by atoms with Crippen molar-refractivity contribution in [2.75, 3.05) is 0 Å². The van der Waals surface area contributed by atoms with Gasteiger partial charge in [0, 0.05) is 18.3 Å². The number of non-ortho nitro benzene ring substituents is 2. The van der Waals surface area contributed by atoms with Gasteiger partial charge >= 0.3 is 0 Å². The lowest BCUT2D eigenvalue weighted by atomic mass is 10.1. The zero-order chi connectivity index (χ0) is 17.7. The summed E-state index contributed by atoms with van der Waals surface area (Å²) in [6.45, 7) is 1.61. The van der Waals surface area contributed by atoms with E-state index in [1.165, 1.54) is 0 Å². The van der Waals surface area contributed by atoms with Gasteiger partial charge in [0.05, 0.1) is 32.9 Å². The molecule has 0 fully saturated rings. The van der Waals surface area contributed by atoms with E-state index in [1.807, 2.05) is 0 Å². The lowest BCUT2D eigenvalue weighted by molar-refractivity contribution is -0.394. The van der Waals surface area contributed by atoms with Crippen molar-refractivity contribution in [1.82, 2.24) is 10.4 Å². The smallest absolute Gasteiger partial charge is 0.267 e. The Hall–Kier alpha value is -3.69. The molecule has 0 aliphatic rings. The standard InChI is InChI=1S/C14H11N5O5/c1-9(13-4-2-3-5-15-13)16-17-14(20)10-6-11(18(21)22)8-12(7-10)19(23)24/h2-8H,1H3,(H,17,20)/b16-9-. The maximum atomic E-state index is 12.0. The van der Waals surface area contributed by atoms with Crippen LogP contribution >= 0.6 is 0 Å². The van der Waals surface area contributed by atoms with E-state index in [1.54, 1.807) is 31.3 Å². The first-order chi connectivity index (χ1) is 11.4. The molecule has 10 heteroatoms. The number of nitro groups is 2. The van der Waals surface area contributed by atoms with Crippen LogP contribution in [0.15, 0.2) is 47.7 Å². The summed E-state index contributed by atoms with van der Waals surface area (Å²) in [5, 5.41) is 25.5. The maximum Gasteiger partial charge on any atom is 0.277 e. The second-order valence-electron chi connectivity index (χ2n) is 4.61. The van der Waals surface area contributed by atoms with Crippen LogP contribution in [0.4, 0.5) is 11.4 Å². The molecular weight excluding hydrogens is 318 g/mol. The number of nitrogens with one attached hydrogen (secondary N) is 1. The zero-order valence-corrected chi connectivity index (χ0v) is 12.4. The number of carbonyl (C=O) groups excluding carboxylic acids is 1. The van der Waals surface area contributed by atoms with Crippen LogP contribution < -0.4 is 5.43 Å². The molecule has 0 aliphatic carbocycles. The van der Waals surface area contributed by atoms with Crippen LogP contribution in [0, 0.1) is 20.2 Å². The van der Waals surface area contributed by atoms with Crippen LogP contribution in [0.3, 0.4) is 0 Å². The first-order valence-corrected chi connectivity index (χ1v) is 6.58. The molecule has 1 heterocycles. The topological polar surface area (TPSA) is 141 Å². The second kappa shape index (κ2) is 7.05. The molecule has 1 amide bonds. The minimum absolute atomic E-state index is 0.242. The van der Waals surface area contributed by atoms with Gasteiger partial charge in [0.2, 0.25) is 0 Å². The third-order valence-electron chi connectivity index (χ3n) is 2.95. The summed E-state index contributed by atoms with van der Waals surface area (Å²) in [7, 11) is 0. The van der Waals surface area contributed by atoms with E-state index in [0.717, 1.165) is 18.2 Å². The van der Waals surface area contributed by atoms with Crippen molar-refractivity contribution in [3.63, 3.8) is 0 Å². The van der Waals surface area contributed by atoms with Crippen LogP contribution in [-0.2, 0) is 0 Å². The molecule has 2 rings (SSSR count). The van der Waals surface area contributed by atoms with Crippen LogP contribution in [0.2, 0.25) is 0 Å². The normalized spacial score (nSPS) is 11.0. The Bertz CT molecular complexity index is 802. The van der Waals surface area contributed by atoms with Gasteiger partial charge in [0.25, 0.3) is 17.3 Å². The Morgan fingerprint density at radius 1 is 1.12 bits per heavy atom. The Balaban J connectivity index is 2.26. The third kappa shape index (κ3) is 3.94. The van der Waals surface area contributed by atoms with Gasteiger partial charge in [-0.15, -0.1) is 0 Å². The predicted molar refractivity (Wildman–Crippen MR) is 83.7 cm³/mol. The fourth-order valence-electron chi connectivity index (χ4n) is 1.77. The van der Waals surface area contributed by atoms with Crippen molar-refractivity contribution >= 4 is 23.0 Å². The van der Waals surface area contributed by atoms with Gasteiger partial charge in [-0.3, -0.25) is 30.0 Å². The van der Waals surface area contributed by atoms with E-state index in [0.29, 0.717) is 11.4 Å². The van der Waals surface area contributed by atoms with E-state index in [2.05, 4.69) is 15.5 Å². The van der Waals surface area contributed by atoms with Crippen molar-refractivity contribution < 1.29 is 14.6 Å². The molecule has 0 saturated carbocycles. The first-order valence-electron chi connectivity index (χ1n) is 6.58. The van der Waals surface area contributed by atoms with Crippen LogP contribution in [0.25, 0.3) is 0 Å². The number of amides is 1. The largest absolute Gasteiger partial charge is 0.277 e. The molecule has 1 aromatic heterocycles. The van der Waals surface area contributed by atoms with Gasteiger partial charge in [-0.05, 0) is 19.1 Å². The molecule has 0 unspecified atom stereocenters. The number of pyridine rings is 1. The highest BCUT2D eigenvalue weighted by atomic mass is 16.6. The summed E-state index contributed by atoms with van der Waals surface area (Å²) in [5.41, 5.74) is 1.78. The Kier molecular flexibility index (Phi) is 4.90. The fraction of sp³-hybridized carbons (Fsp3) is 0.0714. The number of rotatable bonds is 5.